The molecule has 1 aromatic heterocycles. The lowest BCUT2D eigenvalue weighted by molar-refractivity contribution is -0.117. The van der Waals surface area contributed by atoms with E-state index in [1.807, 2.05) is 43.3 Å². The lowest BCUT2D eigenvalue weighted by Gasteiger charge is -2.12. The van der Waals surface area contributed by atoms with Gasteiger partial charge in [-0.3, -0.25) is 9.59 Å². The predicted molar refractivity (Wildman–Crippen MR) is 126 cm³/mol. The Kier molecular flexibility index (Phi) is 8.38. The van der Waals surface area contributed by atoms with Crippen LogP contribution in [0.1, 0.15) is 27.2 Å². The highest BCUT2D eigenvalue weighted by molar-refractivity contribution is 7.98. The molecule has 0 saturated heterocycles. The standard InChI is InChI=1S/C24H23ClN2O3S/c1-17-5-2-3-7-21(17)23(28)27-22(15-20-6-4-13-30-20)24(29)26-12-14-31-16-18-8-10-19(25)11-9-18/h2-11,13,15H,12,14,16H2,1H3,(H,26,29)(H,27,28)/b22-15-. The smallest absolute Gasteiger partial charge is 0.267 e. The molecule has 0 aliphatic carbocycles. The number of aryl methyl sites for hydroxylation is 1. The van der Waals surface area contributed by atoms with Crippen molar-refractivity contribution in [3.8, 4) is 0 Å². The largest absolute Gasteiger partial charge is 0.465 e. The highest BCUT2D eigenvalue weighted by Crippen LogP contribution is 2.15. The molecule has 0 radical (unpaired) electrons. The van der Waals surface area contributed by atoms with Gasteiger partial charge in [-0.05, 0) is 48.4 Å². The Morgan fingerprint density at radius 1 is 1.06 bits per heavy atom. The summed E-state index contributed by atoms with van der Waals surface area (Å²) < 4.78 is 5.30. The molecule has 31 heavy (non-hydrogen) atoms. The number of thioether (sulfide) groups is 1. The molecule has 2 amide bonds. The molecule has 7 heteroatoms. The molecule has 2 aromatic carbocycles. The summed E-state index contributed by atoms with van der Waals surface area (Å²) in [4.78, 5) is 25.4. The number of halogens is 1. The lowest BCUT2D eigenvalue weighted by Crippen LogP contribution is -2.36. The van der Waals surface area contributed by atoms with E-state index in [1.54, 1.807) is 36.0 Å². The Bertz CT molecular complexity index is 1050. The monoisotopic (exact) mass is 454 g/mol. The Balaban J connectivity index is 1.57. The Labute approximate surface area is 190 Å². The van der Waals surface area contributed by atoms with E-state index in [9.17, 15) is 9.59 Å². The molecular weight excluding hydrogens is 432 g/mol. The fourth-order valence-electron chi connectivity index (χ4n) is 2.79. The summed E-state index contributed by atoms with van der Waals surface area (Å²) >= 11 is 7.60. The zero-order valence-electron chi connectivity index (χ0n) is 17.1. The van der Waals surface area contributed by atoms with Gasteiger partial charge in [0.15, 0.2) is 0 Å². The maximum atomic E-state index is 12.7. The predicted octanol–water partition coefficient (Wildman–Crippen LogP) is 5.06. The molecule has 0 fully saturated rings. The second-order valence-corrected chi connectivity index (χ2v) is 8.32. The molecule has 0 aliphatic heterocycles. The number of nitrogens with one attached hydrogen (secondary N) is 2. The minimum absolute atomic E-state index is 0.130. The summed E-state index contributed by atoms with van der Waals surface area (Å²) in [5, 5.41) is 6.28. The number of hydrogen-bond acceptors (Lipinski definition) is 4. The summed E-state index contributed by atoms with van der Waals surface area (Å²) in [5.41, 5.74) is 2.64. The van der Waals surface area contributed by atoms with Crippen molar-refractivity contribution in [1.29, 1.82) is 0 Å². The first-order valence-corrected chi connectivity index (χ1v) is 11.3. The van der Waals surface area contributed by atoms with Crippen LogP contribution in [0.4, 0.5) is 0 Å². The van der Waals surface area contributed by atoms with E-state index in [0.29, 0.717) is 22.9 Å². The van der Waals surface area contributed by atoms with Gasteiger partial charge in [0.1, 0.15) is 11.5 Å². The highest BCUT2D eigenvalue weighted by Gasteiger charge is 2.16. The molecule has 0 spiro atoms. The SMILES string of the molecule is Cc1ccccc1C(=O)N/C(=C\c1ccco1)C(=O)NCCSCc1ccc(Cl)cc1. The van der Waals surface area contributed by atoms with Crippen LogP contribution in [0.3, 0.4) is 0 Å². The van der Waals surface area contributed by atoms with Crippen molar-refractivity contribution < 1.29 is 14.0 Å². The summed E-state index contributed by atoms with van der Waals surface area (Å²) in [6, 6.07) is 18.4. The van der Waals surface area contributed by atoms with Crippen LogP contribution in [-0.4, -0.2) is 24.1 Å². The minimum Gasteiger partial charge on any atom is -0.465 e. The van der Waals surface area contributed by atoms with Crippen molar-refractivity contribution in [2.45, 2.75) is 12.7 Å². The van der Waals surface area contributed by atoms with Gasteiger partial charge in [0.2, 0.25) is 0 Å². The van der Waals surface area contributed by atoms with E-state index in [2.05, 4.69) is 10.6 Å². The summed E-state index contributed by atoms with van der Waals surface area (Å²) in [6.45, 7) is 2.32. The van der Waals surface area contributed by atoms with Gasteiger partial charge in [0.05, 0.1) is 6.26 Å². The van der Waals surface area contributed by atoms with Crippen LogP contribution < -0.4 is 10.6 Å². The second kappa shape index (κ2) is 11.4. The summed E-state index contributed by atoms with van der Waals surface area (Å²) in [7, 11) is 0. The molecule has 0 unspecified atom stereocenters. The van der Waals surface area contributed by atoms with Gasteiger partial charge >= 0.3 is 0 Å². The fraction of sp³-hybridized carbons (Fsp3) is 0.167. The van der Waals surface area contributed by atoms with E-state index in [0.717, 1.165) is 17.1 Å². The van der Waals surface area contributed by atoms with Crippen molar-refractivity contribution in [3.63, 3.8) is 0 Å². The van der Waals surface area contributed by atoms with E-state index < -0.39 is 0 Å². The third kappa shape index (κ3) is 7.05. The van der Waals surface area contributed by atoms with Crippen LogP contribution in [0, 0.1) is 6.92 Å². The van der Waals surface area contributed by atoms with E-state index in [4.69, 9.17) is 16.0 Å². The third-order valence-electron chi connectivity index (χ3n) is 4.43. The van der Waals surface area contributed by atoms with Crippen LogP contribution in [0.5, 0.6) is 0 Å². The van der Waals surface area contributed by atoms with Gasteiger partial charge in [0, 0.05) is 34.7 Å². The molecule has 160 valence electrons. The first kappa shape index (κ1) is 22.7. The quantitative estimate of drug-likeness (QED) is 0.350. The highest BCUT2D eigenvalue weighted by atomic mass is 35.5. The molecule has 3 rings (SSSR count). The normalized spacial score (nSPS) is 11.2. The number of furan rings is 1. The average molecular weight is 455 g/mol. The van der Waals surface area contributed by atoms with Crippen molar-refractivity contribution in [3.05, 3.63) is 100 Å². The first-order chi connectivity index (χ1) is 15.0. The van der Waals surface area contributed by atoms with Crippen molar-refractivity contribution in [2.75, 3.05) is 12.3 Å². The van der Waals surface area contributed by atoms with E-state index in [-0.39, 0.29) is 17.5 Å². The fourth-order valence-corrected chi connectivity index (χ4v) is 3.74. The molecule has 3 aromatic rings. The van der Waals surface area contributed by atoms with Gasteiger partial charge in [-0.1, -0.05) is 41.9 Å². The minimum atomic E-state index is -0.370. The molecular formula is C24H23ClN2O3S. The molecule has 0 atom stereocenters. The number of rotatable bonds is 9. The van der Waals surface area contributed by atoms with Crippen LogP contribution in [0.15, 0.2) is 77.0 Å². The molecule has 1 heterocycles. The van der Waals surface area contributed by atoms with Crippen LogP contribution in [0.2, 0.25) is 5.02 Å². The summed E-state index contributed by atoms with van der Waals surface area (Å²) in [6.07, 6.45) is 3.03. The van der Waals surface area contributed by atoms with Crippen molar-refractivity contribution in [2.24, 2.45) is 0 Å². The number of amides is 2. The van der Waals surface area contributed by atoms with Gasteiger partial charge in [0.25, 0.3) is 11.8 Å². The Hall–Kier alpha value is -2.96. The number of carbonyl (C=O) groups is 2. The van der Waals surface area contributed by atoms with Crippen molar-refractivity contribution in [1.82, 2.24) is 10.6 Å². The lowest BCUT2D eigenvalue weighted by atomic mass is 10.1. The van der Waals surface area contributed by atoms with Gasteiger partial charge in [-0.2, -0.15) is 11.8 Å². The zero-order valence-corrected chi connectivity index (χ0v) is 18.6. The molecule has 0 bridgehead atoms. The number of hydrogen-bond donors (Lipinski definition) is 2. The molecule has 0 aliphatic rings. The topological polar surface area (TPSA) is 71.3 Å². The summed E-state index contributed by atoms with van der Waals surface area (Å²) in [5.74, 6) is 1.32. The molecule has 5 nitrogen and oxygen atoms in total. The van der Waals surface area contributed by atoms with Crippen molar-refractivity contribution >= 4 is 41.3 Å². The average Bonchev–Trinajstić information content (AvgIpc) is 3.27. The van der Waals surface area contributed by atoms with E-state index >= 15 is 0 Å². The van der Waals surface area contributed by atoms with Crippen LogP contribution >= 0.6 is 23.4 Å². The van der Waals surface area contributed by atoms with Gasteiger partial charge < -0.3 is 15.1 Å². The maximum absolute atomic E-state index is 12.7. The molecule has 0 saturated carbocycles. The maximum Gasteiger partial charge on any atom is 0.267 e. The van der Waals surface area contributed by atoms with Gasteiger partial charge in [-0.25, -0.2) is 0 Å². The molecule has 2 N–H and O–H groups in total. The first-order valence-electron chi connectivity index (χ1n) is 9.75. The number of benzene rings is 2. The Morgan fingerprint density at radius 3 is 2.55 bits per heavy atom. The second-order valence-electron chi connectivity index (χ2n) is 6.78. The van der Waals surface area contributed by atoms with E-state index in [1.165, 1.54) is 17.9 Å². The third-order valence-corrected chi connectivity index (χ3v) is 5.71. The number of carbonyl (C=O) groups excluding carboxylic acids is 2. The van der Waals surface area contributed by atoms with Crippen LogP contribution in [0.25, 0.3) is 6.08 Å². The Morgan fingerprint density at radius 2 is 1.84 bits per heavy atom. The van der Waals surface area contributed by atoms with Gasteiger partial charge in [-0.15, -0.1) is 0 Å². The van der Waals surface area contributed by atoms with Crippen LogP contribution in [-0.2, 0) is 10.5 Å². The zero-order chi connectivity index (χ0) is 22.1.